The average molecular weight is 238 g/mol. The Balaban J connectivity index is 2.15. The summed E-state index contributed by atoms with van der Waals surface area (Å²) in [4.78, 5) is 16.7. The van der Waals surface area contributed by atoms with Crippen LogP contribution in [0.5, 0.6) is 0 Å². The van der Waals surface area contributed by atoms with Crippen molar-refractivity contribution in [2.24, 2.45) is 0 Å². The highest BCUT2D eigenvalue weighted by molar-refractivity contribution is 7.09. The van der Waals surface area contributed by atoms with E-state index in [1.165, 1.54) is 11.3 Å². The average Bonchev–Trinajstić information content (AvgIpc) is 2.70. The summed E-state index contributed by atoms with van der Waals surface area (Å²) in [6, 6.07) is 6.99. The molecule has 0 saturated carbocycles. The molecular weight excluding hydrogens is 230 g/mol. The van der Waals surface area contributed by atoms with Crippen molar-refractivity contribution in [2.45, 2.75) is 6.42 Å². The van der Waals surface area contributed by atoms with Crippen LogP contribution in [-0.2, 0) is 6.42 Å². The fraction of sp³-hybridized carbons (Fsp3) is 0.0909. The van der Waals surface area contributed by atoms with Crippen LogP contribution in [0.25, 0.3) is 0 Å². The van der Waals surface area contributed by atoms with Crippen LogP contribution < -0.4 is 0 Å². The van der Waals surface area contributed by atoms with Gasteiger partial charge < -0.3 is 0 Å². The molecule has 0 amide bonds. The van der Waals surface area contributed by atoms with Gasteiger partial charge in [-0.3, -0.25) is 9.78 Å². The molecule has 2 rings (SSSR count). The van der Waals surface area contributed by atoms with Crippen molar-refractivity contribution in [3.63, 3.8) is 0 Å². The minimum absolute atomic E-state index is 0.0711. The molecule has 76 valence electrons. The second-order valence-electron chi connectivity index (χ2n) is 3.08. The molecule has 0 aliphatic heterocycles. The Morgan fingerprint density at radius 1 is 1.47 bits per heavy atom. The fourth-order valence-electron chi connectivity index (χ4n) is 1.25. The first-order valence-corrected chi connectivity index (χ1v) is 5.67. The minimum Gasteiger partial charge on any atom is -0.294 e. The molecule has 0 spiro atoms. The van der Waals surface area contributed by atoms with E-state index in [1.807, 2.05) is 0 Å². The number of benzene rings is 1. The van der Waals surface area contributed by atoms with Gasteiger partial charge in [0.2, 0.25) is 0 Å². The maximum absolute atomic E-state index is 11.8. The highest BCUT2D eigenvalue weighted by atomic mass is 35.5. The van der Waals surface area contributed by atoms with E-state index in [-0.39, 0.29) is 5.78 Å². The van der Waals surface area contributed by atoms with Crippen LogP contribution in [0, 0.1) is 0 Å². The third kappa shape index (κ3) is 2.64. The summed E-state index contributed by atoms with van der Waals surface area (Å²) in [5.74, 6) is 0.0711. The monoisotopic (exact) mass is 237 g/mol. The molecular formula is C11H8ClNOS. The van der Waals surface area contributed by atoms with Crippen LogP contribution in [0.1, 0.15) is 15.2 Å². The number of thiazole rings is 1. The van der Waals surface area contributed by atoms with Crippen LogP contribution in [0.4, 0.5) is 0 Å². The maximum Gasteiger partial charge on any atom is 0.168 e. The SMILES string of the molecule is O=C(Cc1cncs1)c1cccc(Cl)c1. The van der Waals surface area contributed by atoms with E-state index < -0.39 is 0 Å². The van der Waals surface area contributed by atoms with Gasteiger partial charge in [-0.25, -0.2) is 0 Å². The molecule has 1 aromatic carbocycles. The topological polar surface area (TPSA) is 30.0 Å². The van der Waals surface area contributed by atoms with Crippen molar-refractivity contribution in [1.82, 2.24) is 4.98 Å². The van der Waals surface area contributed by atoms with Gasteiger partial charge in [-0.05, 0) is 12.1 Å². The number of hydrogen-bond acceptors (Lipinski definition) is 3. The number of nitrogens with zero attached hydrogens (tertiary/aromatic N) is 1. The van der Waals surface area contributed by atoms with E-state index in [9.17, 15) is 4.79 Å². The molecule has 0 N–H and O–H groups in total. The van der Waals surface area contributed by atoms with Crippen molar-refractivity contribution < 1.29 is 4.79 Å². The zero-order valence-electron chi connectivity index (χ0n) is 7.81. The Morgan fingerprint density at radius 3 is 3.00 bits per heavy atom. The highest BCUT2D eigenvalue weighted by Gasteiger charge is 2.08. The largest absolute Gasteiger partial charge is 0.294 e. The molecule has 0 aliphatic rings. The van der Waals surface area contributed by atoms with Crippen LogP contribution in [0.3, 0.4) is 0 Å². The lowest BCUT2D eigenvalue weighted by Crippen LogP contribution is -2.01. The van der Waals surface area contributed by atoms with E-state index in [4.69, 9.17) is 11.6 Å². The van der Waals surface area contributed by atoms with Gasteiger partial charge in [0.1, 0.15) is 0 Å². The molecule has 2 nitrogen and oxygen atoms in total. The first-order chi connectivity index (χ1) is 7.25. The van der Waals surface area contributed by atoms with Crippen LogP contribution in [0.15, 0.2) is 36.0 Å². The molecule has 1 heterocycles. The molecule has 1 aromatic heterocycles. The molecule has 0 unspecified atom stereocenters. The highest BCUT2D eigenvalue weighted by Crippen LogP contribution is 2.14. The Morgan fingerprint density at radius 2 is 2.33 bits per heavy atom. The van der Waals surface area contributed by atoms with Gasteiger partial charge in [0, 0.05) is 28.1 Å². The van der Waals surface area contributed by atoms with Crippen molar-refractivity contribution >= 4 is 28.7 Å². The summed E-state index contributed by atoms with van der Waals surface area (Å²) in [6.07, 6.45) is 2.11. The molecule has 0 radical (unpaired) electrons. The van der Waals surface area contributed by atoms with E-state index >= 15 is 0 Å². The van der Waals surface area contributed by atoms with Crippen LogP contribution >= 0.6 is 22.9 Å². The molecule has 0 atom stereocenters. The lowest BCUT2D eigenvalue weighted by molar-refractivity contribution is 0.0994. The van der Waals surface area contributed by atoms with E-state index in [0.29, 0.717) is 17.0 Å². The number of aromatic nitrogens is 1. The second-order valence-corrected chi connectivity index (χ2v) is 4.49. The maximum atomic E-state index is 11.8. The van der Waals surface area contributed by atoms with E-state index in [1.54, 1.807) is 36.0 Å². The molecule has 15 heavy (non-hydrogen) atoms. The number of carbonyl (C=O) groups excluding carboxylic acids is 1. The minimum atomic E-state index is 0.0711. The van der Waals surface area contributed by atoms with Crippen molar-refractivity contribution in [3.8, 4) is 0 Å². The molecule has 0 bridgehead atoms. The fourth-order valence-corrected chi connectivity index (χ4v) is 2.04. The summed E-state index contributed by atoms with van der Waals surface area (Å²) in [5.41, 5.74) is 2.37. The normalized spacial score (nSPS) is 10.2. The molecule has 4 heteroatoms. The summed E-state index contributed by atoms with van der Waals surface area (Å²) < 4.78 is 0. The van der Waals surface area contributed by atoms with Crippen molar-refractivity contribution in [3.05, 3.63) is 51.4 Å². The second kappa shape index (κ2) is 4.55. The van der Waals surface area contributed by atoms with Crippen LogP contribution in [0.2, 0.25) is 5.02 Å². The number of hydrogen-bond donors (Lipinski definition) is 0. The van der Waals surface area contributed by atoms with Gasteiger partial charge in [0.15, 0.2) is 5.78 Å². The van der Waals surface area contributed by atoms with E-state index in [2.05, 4.69) is 4.98 Å². The predicted molar refractivity (Wildman–Crippen MR) is 61.6 cm³/mol. The summed E-state index contributed by atoms with van der Waals surface area (Å²) in [7, 11) is 0. The molecule has 2 aromatic rings. The molecule has 0 aliphatic carbocycles. The third-order valence-corrected chi connectivity index (χ3v) is 2.98. The summed E-state index contributed by atoms with van der Waals surface area (Å²) in [6.45, 7) is 0. The predicted octanol–water partition coefficient (Wildman–Crippen LogP) is 3.22. The third-order valence-electron chi connectivity index (χ3n) is 1.96. The first kappa shape index (κ1) is 10.3. The quantitative estimate of drug-likeness (QED) is 0.768. The molecule has 0 fully saturated rings. The Bertz CT molecular complexity index is 467. The number of ketones is 1. The lowest BCUT2D eigenvalue weighted by atomic mass is 10.1. The lowest BCUT2D eigenvalue weighted by Gasteiger charge is -1.99. The summed E-state index contributed by atoms with van der Waals surface area (Å²) in [5, 5.41) is 0.588. The van der Waals surface area contributed by atoms with Gasteiger partial charge in [0.25, 0.3) is 0 Å². The first-order valence-electron chi connectivity index (χ1n) is 4.42. The van der Waals surface area contributed by atoms with Gasteiger partial charge in [-0.2, -0.15) is 0 Å². The standard InChI is InChI=1S/C11H8ClNOS/c12-9-3-1-2-8(4-9)11(14)5-10-6-13-7-15-10/h1-4,6-7H,5H2. The van der Waals surface area contributed by atoms with Crippen molar-refractivity contribution in [2.75, 3.05) is 0 Å². The Hall–Kier alpha value is -1.19. The number of Topliss-reactive ketones (excluding diaryl/α,β-unsaturated/α-hetero) is 1. The van der Waals surface area contributed by atoms with Gasteiger partial charge in [0.05, 0.1) is 5.51 Å². The van der Waals surface area contributed by atoms with Crippen molar-refractivity contribution in [1.29, 1.82) is 0 Å². The summed E-state index contributed by atoms with van der Waals surface area (Å²) >= 11 is 7.29. The number of carbonyl (C=O) groups is 1. The zero-order chi connectivity index (χ0) is 10.7. The smallest absolute Gasteiger partial charge is 0.168 e. The van der Waals surface area contributed by atoms with Gasteiger partial charge in [-0.1, -0.05) is 23.7 Å². The van der Waals surface area contributed by atoms with Gasteiger partial charge in [-0.15, -0.1) is 11.3 Å². The number of rotatable bonds is 3. The Kier molecular flexibility index (Phi) is 3.14. The van der Waals surface area contributed by atoms with Gasteiger partial charge >= 0.3 is 0 Å². The zero-order valence-corrected chi connectivity index (χ0v) is 9.39. The Labute approximate surface area is 96.5 Å². The van der Waals surface area contributed by atoms with Crippen LogP contribution in [-0.4, -0.2) is 10.8 Å². The molecule has 0 saturated heterocycles. The number of halogens is 1. The van der Waals surface area contributed by atoms with E-state index in [0.717, 1.165) is 4.88 Å².